The molecule has 1 saturated carbocycles. The molecule has 0 saturated heterocycles. The molecule has 1 atom stereocenters. The third-order valence-electron chi connectivity index (χ3n) is 7.38. The van der Waals surface area contributed by atoms with Crippen molar-refractivity contribution in [3.8, 4) is 0 Å². The van der Waals surface area contributed by atoms with Gasteiger partial charge < -0.3 is 4.74 Å². The SMILES string of the molecule is CC(=O)OC(C)(C)c1ccccc1CC[C@@H](SCC1CC1)c1cccc(C=Cc2ccc3ccc(Cl)cc3n2)c1.[CaH2]. The summed E-state index contributed by atoms with van der Waals surface area (Å²) in [6.45, 7) is 5.42. The molecule has 5 rings (SSSR count). The number of hydrogen-bond acceptors (Lipinski definition) is 4. The Labute approximate surface area is 283 Å². The van der Waals surface area contributed by atoms with Crippen molar-refractivity contribution in [2.24, 2.45) is 5.92 Å². The van der Waals surface area contributed by atoms with E-state index in [1.54, 1.807) is 0 Å². The van der Waals surface area contributed by atoms with E-state index in [2.05, 4.69) is 72.4 Å². The molecule has 1 aliphatic carbocycles. The van der Waals surface area contributed by atoms with Gasteiger partial charge in [-0.25, -0.2) is 4.98 Å². The van der Waals surface area contributed by atoms with Gasteiger partial charge in [0.15, 0.2) is 0 Å². The van der Waals surface area contributed by atoms with Gasteiger partial charge in [0.2, 0.25) is 0 Å². The van der Waals surface area contributed by atoms with Crippen molar-refractivity contribution in [1.29, 1.82) is 0 Å². The molecule has 0 N–H and O–H groups in total. The standard InChI is InChI=1S/C35H36ClNO2S.Ca.2H/c1-24(38)39-35(2,3)32-10-5-4-8-27(32)16-20-34(40-23-26-11-12-26)29-9-6-7-25(21-29)13-18-31-19-15-28-14-17-30(36)22-33(28)37-31;;;/h4-10,13-15,17-19,21-22,26,34H,11-12,16,20,23H2,1-3H3;;;/t34-;;;/m1.../s1. The minimum absolute atomic E-state index is 0. The van der Waals surface area contributed by atoms with Crippen molar-refractivity contribution in [2.45, 2.75) is 57.3 Å². The topological polar surface area (TPSA) is 39.2 Å². The number of esters is 1. The van der Waals surface area contributed by atoms with Gasteiger partial charge >= 0.3 is 43.7 Å². The molecule has 0 spiro atoms. The van der Waals surface area contributed by atoms with E-state index in [1.807, 2.05) is 44.2 Å². The zero-order valence-electron chi connectivity index (χ0n) is 23.4. The number of carbonyl (C=O) groups is 1. The monoisotopic (exact) mass is 611 g/mol. The maximum absolute atomic E-state index is 11.8. The molecule has 1 aliphatic rings. The van der Waals surface area contributed by atoms with Crippen LogP contribution in [0.5, 0.6) is 0 Å². The van der Waals surface area contributed by atoms with Crippen LogP contribution < -0.4 is 0 Å². The van der Waals surface area contributed by atoms with Crippen LogP contribution in [0.25, 0.3) is 23.1 Å². The number of aryl methyl sites for hydroxylation is 1. The molecule has 0 amide bonds. The Bertz CT molecular complexity index is 1530. The number of halogens is 1. The van der Waals surface area contributed by atoms with Gasteiger partial charge in [-0.05, 0) is 97.7 Å². The number of benzene rings is 3. The fraction of sp³-hybridized carbons (Fsp3) is 0.314. The fourth-order valence-corrected chi connectivity index (χ4v) is 6.78. The molecule has 6 heteroatoms. The van der Waals surface area contributed by atoms with Gasteiger partial charge in [0, 0.05) is 22.6 Å². The van der Waals surface area contributed by atoms with Crippen LogP contribution in [0.15, 0.2) is 78.9 Å². The van der Waals surface area contributed by atoms with Crippen LogP contribution in [0.4, 0.5) is 0 Å². The van der Waals surface area contributed by atoms with E-state index in [1.165, 1.54) is 42.2 Å². The third kappa shape index (κ3) is 9.08. The number of nitrogens with zero attached hydrogens (tertiary/aromatic N) is 1. The molecule has 0 radical (unpaired) electrons. The first kappa shape index (κ1) is 32.1. The Balaban J connectivity index is 0.00000387. The Hall–Kier alpha value is -1.82. The van der Waals surface area contributed by atoms with Crippen molar-refractivity contribution >= 4 is 90.1 Å². The first-order valence-electron chi connectivity index (χ1n) is 14.0. The quantitative estimate of drug-likeness (QED) is 0.126. The molecule has 4 aromatic rings. The van der Waals surface area contributed by atoms with Gasteiger partial charge in [0.05, 0.1) is 11.2 Å². The number of rotatable bonds is 11. The molecule has 1 heterocycles. The molecule has 3 nitrogen and oxygen atoms in total. The average molecular weight is 612 g/mol. The Morgan fingerprint density at radius 3 is 2.61 bits per heavy atom. The van der Waals surface area contributed by atoms with Gasteiger partial charge in [-0.2, -0.15) is 11.8 Å². The summed E-state index contributed by atoms with van der Waals surface area (Å²) in [7, 11) is 0. The van der Waals surface area contributed by atoms with Crippen molar-refractivity contribution < 1.29 is 9.53 Å². The maximum atomic E-state index is 11.8. The predicted molar refractivity (Wildman–Crippen MR) is 178 cm³/mol. The molecular formula is C35H38CaClNO2S. The molecule has 3 aromatic carbocycles. The summed E-state index contributed by atoms with van der Waals surface area (Å²) >= 11 is 8.26. The van der Waals surface area contributed by atoms with Crippen LogP contribution >= 0.6 is 23.4 Å². The van der Waals surface area contributed by atoms with Crippen LogP contribution in [0, 0.1) is 5.92 Å². The molecule has 210 valence electrons. The van der Waals surface area contributed by atoms with E-state index in [0.29, 0.717) is 10.3 Å². The number of fused-ring (bicyclic) bond motifs is 1. The van der Waals surface area contributed by atoms with Crippen LogP contribution in [0.3, 0.4) is 0 Å². The Kier molecular flexibility index (Phi) is 11.4. The second-order valence-electron chi connectivity index (χ2n) is 11.1. The van der Waals surface area contributed by atoms with Crippen molar-refractivity contribution in [2.75, 3.05) is 5.75 Å². The second-order valence-corrected chi connectivity index (χ2v) is 12.8. The Morgan fingerprint density at radius 1 is 1.05 bits per heavy atom. The average Bonchev–Trinajstić information content (AvgIpc) is 3.76. The molecular weight excluding hydrogens is 574 g/mol. The van der Waals surface area contributed by atoms with Crippen LogP contribution in [0.1, 0.15) is 73.2 Å². The van der Waals surface area contributed by atoms with Crippen LogP contribution in [0.2, 0.25) is 5.02 Å². The fourth-order valence-electron chi connectivity index (χ4n) is 5.15. The van der Waals surface area contributed by atoms with Gasteiger partial charge in [-0.15, -0.1) is 0 Å². The van der Waals surface area contributed by atoms with Gasteiger partial charge in [0.1, 0.15) is 5.60 Å². The second kappa shape index (κ2) is 14.6. The van der Waals surface area contributed by atoms with E-state index in [9.17, 15) is 4.79 Å². The summed E-state index contributed by atoms with van der Waals surface area (Å²) in [5.41, 5.74) is 5.98. The minimum atomic E-state index is -0.661. The van der Waals surface area contributed by atoms with Crippen molar-refractivity contribution in [3.05, 3.63) is 112 Å². The van der Waals surface area contributed by atoms with Crippen molar-refractivity contribution in [3.63, 3.8) is 0 Å². The van der Waals surface area contributed by atoms with Crippen LogP contribution in [-0.2, 0) is 21.6 Å². The number of aromatic nitrogens is 1. The summed E-state index contributed by atoms with van der Waals surface area (Å²) in [6.07, 6.45) is 8.86. The number of pyridine rings is 1. The van der Waals surface area contributed by atoms with Gasteiger partial charge in [-0.1, -0.05) is 78.3 Å². The van der Waals surface area contributed by atoms with E-state index >= 15 is 0 Å². The van der Waals surface area contributed by atoms with E-state index in [4.69, 9.17) is 21.3 Å². The molecule has 41 heavy (non-hydrogen) atoms. The number of carbonyl (C=O) groups excluding carboxylic acids is 1. The number of hydrogen-bond donors (Lipinski definition) is 0. The molecule has 0 unspecified atom stereocenters. The summed E-state index contributed by atoms with van der Waals surface area (Å²) in [5, 5.41) is 2.16. The summed E-state index contributed by atoms with van der Waals surface area (Å²) in [5.74, 6) is 1.80. The van der Waals surface area contributed by atoms with Crippen LogP contribution in [-0.4, -0.2) is 54.4 Å². The zero-order valence-corrected chi connectivity index (χ0v) is 25.0. The van der Waals surface area contributed by atoms with E-state index < -0.39 is 5.60 Å². The van der Waals surface area contributed by atoms with Crippen molar-refractivity contribution in [1.82, 2.24) is 4.98 Å². The number of ether oxygens (including phenoxy) is 1. The molecule has 0 aliphatic heterocycles. The normalized spacial score (nSPS) is 14.1. The predicted octanol–water partition coefficient (Wildman–Crippen LogP) is 8.76. The molecule has 1 fully saturated rings. The summed E-state index contributed by atoms with van der Waals surface area (Å²) in [4.78, 5) is 16.5. The zero-order chi connectivity index (χ0) is 28.1. The van der Waals surface area contributed by atoms with Gasteiger partial charge in [-0.3, -0.25) is 4.79 Å². The van der Waals surface area contributed by atoms with E-state index in [-0.39, 0.29) is 43.7 Å². The first-order valence-corrected chi connectivity index (χ1v) is 15.4. The van der Waals surface area contributed by atoms with E-state index in [0.717, 1.165) is 40.9 Å². The first-order chi connectivity index (χ1) is 19.3. The number of thioether (sulfide) groups is 1. The summed E-state index contributed by atoms with van der Waals surface area (Å²) in [6, 6.07) is 27.2. The van der Waals surface area contributed by atoms with Gasteiger partial charge in [0.25, 0.3) is 0 Å². The Morgan fingerprint density at radius 2 is 1.83 bits per heavy atom. The molecule has 1 aromatic heterocycles. The third-order valence-corrected chi connectivity index (χ3v) is 9.18. The summed E-state index contributed by atoms with van der Waals surface area (Å²) < 4.78 is 5.69. The molecule has 0 bridgehead atoms.